The topological polar surface area (TPSA) is 15.7 Å². The molecule has 3 rings (SSSR count). The van der Waals surface area contributed by atoms with E-state index >= 15 is 0 Å². The normalized spacial score (nSPS) is 17.8. The van der Waals surface area contributed by atoms with Gasteiger partial charge < -0.3 is 14.5 Å². The highest BCUT2D eigenvalue weighted by atomic mass is 19.1. The van der Waals surface area contributed by atoms with Crippen molar-refractivity contribution < 1.29 is 13.5 Å². The van der Waals surface area contributed by atoms with E-state index in [1.807, 2.05) is 12.1 Å². The summed E-state index contributed by atoms with van der Waals surface area (Å²) in [5.41, 5.74) is 1.85. The van der Waals surface area contributed by atoms with Crippen LogP contribution in [0.5, 0.6) is 5.75 Å². The van der Waals surface area contributed by atoms with Gasteiger partial charge in [0, 0.05) is 31.7 Å². The Labute approximate surface area is 166 Å². The first-order valence-corrected chi connectivity index (χ1v) is 10.0. The number of benzene rings is 2. The fraction of sp³-hybridized carbons (Fsp3) is 0.478. The third-order valence-electron chi connectivity index (χ3n) is 5.50. The Morgan fingerprint density at radius 2 is 1.93 bits per heavy atom. The van der Waals surface area contributed by atoms with Crippen molar-refractivity contribution in [1.82, 2.24) is 9.80 Å². The number of likely N-dealkylation sites (tertiary alicyclic amines) is 1. The quantitative estimate of drug-likeness (QED) is 0.668. The van der Waals surface area contributed by atoms with Crippen molar-refractivity contribution in [2.24, 2.45) is 5.92 Å². The van der Waals surface area contributed by atoms with E-state index in [0.717, 1.165) is 32.6 Å². The molecule has 1 aliphatic heterocycles. The molecule has 28 heavy (non-hydrogen) atoms. The molecule has 2 aromatic carbocycles. The fourth-order valence-corrected chi connectivity index (χ4v) is 4.04. The van der Waals surface area contributed by atoms with Crippen LogP contribution >= 0.6 is 0 Å². The van der Waals surface area contributed by atoms with Crippen molar-refractivity contribution in [3.05, 3.63) is 65.2 Å². The second-order valence-electron chi connectivity index (χ2n) is 7.84. The molecule has 1 saturated heterocycles. The molecule has 0 amide bonds. The van der Waals surface area contributed by atoms with Crippen molar-refractivity contribution in [2.75, 3.05) is 40.3 Å². The van der Waals surface area contributed by atoms with Crippen molar-refractivity contribution in [1.29, 1.82) is 0 Å². The summed E-state index contributed by atoms with van der Waals surface area (Å²) in [7, 11) is 3.65. The maximum atomic E-state index is 14.1. The zero-order chi connectivity index (χ0) is 19.9. The minimum atomic E-state index is -0.183. The molecule has 1 fully saturated rings. The second kappa shape index (κ2) is 9.99. The number of nitrogens with zero attached hydrogens (tertiary/aromatic N) is 2. The molecule has 3 nitrogen and oxygen atoms in total. The molecule has 0 saturated carbocycles. The molecule has 0 aliphatic carbocycles. The van der Waals surface area contributed by atoms with Crippen LogP contribution in [-0.4, -0.2) is 50.1 Å². The number of hydrogen-bond donors (Lipinski definition) is 0. The molecule has 5 heteroatoms. The summed E-state index contributed by atoms with van der Waals surface area (Å²) in [5.74, 6) is 0.907. The van der Waals surface area contributed by atoms with E-state index in [4.69, 9.17) is 4.74 Å². The highest BCUT2D eigenvalue weighted by Crippen LogP contribution is 2.21. The van der Waals surface area contributed by atoms with Crippen LogP contribution in [0.4, 0.5) is 8.78 Å². The smallest absolute Gasteiger partial charge is 0.127 e. The number of piperidine rings is 1. The van der Waals surface area contributed by atoms with Gasteiger partial charge >= 0.3 is 0 Å². The van der Waals surface area contributed by atoms with Crippen LogP contribution < -0.4 is 4.74 Å². The lowest BCUT2D eigenvalue weighted by Gasteiger charge is -2.34. The summed E-state index contributed by atoms with van der Waals surface area (Å²) in [6, 6.07) is 11.7. The standard InChI is InChI=1S/C23H30F2N2O/c1-26(17-20-14-22(28-2)9-10-23(20)25)15-19-4-3-12-27(16-19)13-11-18-5-7-21(24)8-6-18/h5-10,14,19H,3-4,11-13,15-17H2,1-2H3/t19-/m1/s1. The predicted octanol–water partition coefficient (Wildman–Crippen LogP) is 4.36. The Morgan fingerprint density at radius 1 is 1.14 bits per heavy atom. The Bertz CT molecular complexity index is 751. The first-order chi connectivity index (χ1) is 13.5. The molecule has 1 atom stereocenters. The number of hydrogen-bond acceptors (Lipinski definition) is 3. The van der Waals surface area contributed by atoms with Gasteiger partial charge in [-0.1, -0.05) is 12.1 Å². The number of ether oxygens (including phenoxy) is 1. The van der Waals surface area contributed by atoms with E-state index < -0.39 is 0 Å². The lowest BCUT2D eigenvalue weighted by molar-refractivity contribution is 0.142. The first kappa shape index (κ1) is 20.7. The lowest BCUT2D eigenvalue weighted by Crippen LogP contribution is -2.40. The van der Waals surface area contributed by atoms with E-state index in [9.17, 15) is 8.78 Å². The maximum absolute atomic E-state index is 14.1. The Kier molecular flexibility index (Phi) is 7.40. The Hall–Kier alpha value is -1.98. The highest BCUT2D eigenvalue weighted by Gasteiger charge is 2.21. The van der Waals surface area contributed by atoms with Gasteiger partial charge in [-0.05, 0) is 74.7 Å². The molecule has 152 valence electrons. The van der Waals surface area contributed by atoms with Gasteiger partial charge in [-0.25, -0.2) is 8.78 Å². The molecular weight excluding hydrogens is 358 g/mol. The van der Waals surface area contributed by atoms with Crippen LogP contribution in [0, 0.1) is 17.6 Å². The Morgan fingerprint density at radius 3 is 2.68 bits per heavy atom. The van der Waals surface area contributed by atoms with Gasteiger partial charge in [0.05, 0.1) is 7.11 Å². The van der Waals surface area contributed by atoms with Crippen LogP contribution in [-0.2, 0) is 13.0 Å². The van der Waals surface area contributed by atoms with Crippen molar-refractivity contribution in [3.8, 4) is 5.75 Å². The van der Waals surface area contributed by atoms with Crippen LogP contribution in [0.15, 0.2) is 42.5 Å². The van der Waals surface area contributed by atoms with Gasteiger partial charge in [0.15, 0.2) is 0 Å². The van der Waals surface area contributed by atoms with Crippen LogP contribution in [0.3, 0.4) is 0 Å². The largest absolute Gasteiger partial charge is 0.497 e. The van der Waals surface area contributed by atoms with Crippen molar-refractivity contribution in [2.45, 2.75) is 25.8 Å². The van der Waals surface area contributed by atoms with Gasteiger partial charge in [-0.2, -0.15) is 0 Å². The van der Waals surface area contributed by atoms with E-state index in [2.05, 4.69) is 16.8 Å². The summed E-state index contributed by atoms with van der Waals surface area (Å²) in [5, 5.41) is 0. The van der Waals surface area contributed by atoms with Gasteiger partial charge in [-0.15, -0.1) is 0 Å². The minimum Gasteiger partial charge on any atom is -0.497 e. The molecule has 1 aliphatic rings. The van der Waals surface area contributed by atoms with Crippen LogP contribution in [0.25, 0.3) is 0 Å². The van der Waals surface area contributed by atoms with Gasteiger partial charge in [0.1, 0.15) is 17.4 Å². The number of halogens is 2. The van der Waals surface area contributed by atoms with Gasteiger partial charge in [-0.3, -0.25) is 0 Å². The summed E-state index contributed by atoms with van der Waals surface area (Å²) in [6.45, 7) is 4.70. The van der Waals surface area contributed by atoms with Gasteiger partial charge in [0.2, 0.25) is 0 Å². The van der Waals surface area contributed by atoms with Crippen LogP contribution in [0.2, 0.25) is 0 Å². The summed E-state index contributed by atoms with van der Waals surface area (Å²) >= 11 is 0. The SMILES string of the molecule is COc1ccc(F)c(CN(C)C[C@H]2CCCN(CCc3ccc(F)cc3)C2)c1. The van der Waals surface area contributed by atoms with Crippen LogP contribution in [0.1, 0.15) is 24.0 Å². The summed E-state index contributed by atoms with van der Waals surface area (Å²) in [4.78, 5) is 4.70. The molecule has 0 aromatic heterocycles. The predicted molar refractivity (Wildman–Crippen MR) is 109 cm³/mol. The van der Waals surface area contributed by atoms with Gasteiger partial charge in [0.25, 0.3) is 0 Å². The summed E-state index contributed by atoms with van der Waals surface area (Å²) in [6.07, 6.45) is 3.34. The average Bonchev–Trinajstić information content (AvgIpc) is 2.69. The fourth-order valence-electron chi connectivity index (χ4n) is 4.04. The van der Waals surface area contributed by atoms with E-state index in [0.29, 0.717) is 23.8 Å². The van der Waals surface area contributed by atoms with E-state index in [-0.39, 0.29) is 11.6 Å². The maximum Gasteiger partial charge on any atom is 0.127 e. The van der Waals surface area contributed by atoms with Crippen molar-refractivity contribution in [3.63, 3.8) is 0 Å². The monoisotopic (exact) mass is 388 g/mol. The number of methoxy groups -OCH3 is 1. The molecule has 0 N–H and O–H groups in total. The molecule has 0 bridgehead atoms. The molecule has 0 spiro atoms. The zero-order valence-corrected chi connectivity index (χ0v) is 16.8. The summed E-state index contributed by atoms with van der Waals surface area (Å²) < 4.78 is 32.3. The third kappa shape index (κ3) is 6.01. The number of rotatable bonds is 8. The minimum absolute atomic E-state index is 0.183. The molecule has 2 aromatic rings. The molecule has 0 radical (unpaired) electrons. The first-order valence-electron chi connectivity index (χ1n) is 10.0. The molecule has 0 unspecified atom stereocenters. The van der Waals surface area contributed by atoms with E-state index in [1.54, 1.807) is 19.2 Å². The lowest BCUT2D eigenvalue weighted by atomic mass is 9.97. The zero-order valence-electron chi connectivity index (χ0n) is 16.8. The van der Waals surface area contributed by atoms with E-state index in [1.165, 1.54) is 36.6 Å². The van der Waals surface area contributed by atoms with Crippen molar-refractivity contribution >= 4 is 0 Å². The Balaban J connectivity index is 1.48. The highest BCUT2D eigenvalue weighted by molar-refractivity contribution is 5.29. The average molecular weight is 389 g/mol. The molecule has 1 heterocycles. The molecular formula is C23H30F2N2O. The third-order valence-corrected chi connectivity index (χ3v) is 5.50. The second-order valence-corrected chi connectivity index (χ2v) is 7.84.